The van der Waals surface area contributed by atoms with E-state index in [1.807, 2.05) is 23.1 Å². The van der Waals surface area contributed by atoms with Gasteiger partial charge < -0.3 is 10.0 Å². The molecule has 2 aliphatic rings. The van der Waals surface area contributed by atoms with Crippen molar-refractivity contribution in [2.75, 3.05) is 32.7 Å². The summed E-state index contributed by atoms with van der Waals surface area (Å²) in [6.07, 6.45) is 8.87. The number of nitrogens with zero attached hydrogens (tertiary/aromatic N) is 2. The maximum absolute atomic E-state index is 12.5. The summed E-state index contributed by atoms with van der Waals surface area (Å²) in [7, 11) is 0. The van der Waals surface area contributed by atoms with E-state index in [4.69, 9.17) is 0 Å². The predicted molar refractivity (Wildman–Crippen MR) is 105 cm³/mol. The molecule has 1 atom stereocenters. The maximum atomic E-state index is 12.5. The monoisotopic (exact) mass is 358 g/mol. The molecule has 3 rings (SSSR count). The number of aliphatic hydroxyl groups is 1. The Morgan fingerprint density at radius 1 is 1.04 bits per heavy atom. The number of piperazine rings is 1. The molecule has 0 radical (unpaired) electrons. The molecule has 1 saturated heterocycles. The fourth-order valence-corrected chi connectivity index (χ4v) is 4.39. The zero-order chi connectivity index (χ0) is 18.2. The van der Waals surface area contributed by atoms with Crippen molar-refractivity contribution in [1.82, 2.24) is 9.80 Å². The molecule has 1 N–H and O–H groups in total. The molecule has 1 aromatic rings. The highest BCUT2D eigenvalue weighted by Crippen LogP contribution is 2.27. The van der Waals surface area contributed by atoms with Gasteiger partial charge in [0.1, 0.15) is 0 Å². The van der Waals surface area contributed by atoms with E-state index in [-0.39, 0.29) is 6.10 Å². The molecule has 1 aromatic carbocycles. The van der Waals surface area contributed by atoms with Crippen molar-refractivity contribution in [1.29, 1.82) is 0 Å². The third kappa shape index (κ3) is 6.10. The Hall–Kier alpha value is -1.39. The molecule has 26 heavy (non-hydrogen) atoms. The number of amides is 1. The van der Waals surface area contributed by atoms with Crippen LogP contribution in [0.4, 0.5) is 0 Å². The van der Waals surface area contributed by atoms with Crippen LogP contribution in [-0.2, 0) is 11.2 Å². The Kier molecular flexibility index (Phi) is 7.51. The number of rotatable bonds is 7. The van der Waals surface area contributed by atoms with E-state index in [1.165, 1.54) is 37.7 Å². The number of carbonyl (C=O) groups excluding carboxylic acids is 1. The molecule has 0 spiro atoms. The average Bonchev–Trinajstić information content (AvgIpc) is 2.68. The first-order valence-electron chi connectivity index (χ1n) is 10.4. The largest absolute Gasteiger partial charge is 0.391 e. The number of hydrogen-bond donors (Lipinski definition) is 1. The highest BCUT2D eigenvalue weighted by atomic mass is 16.3. The summed E-state index contributed by atoms with van der Waals surface area (Å²) in [6, 6.07) is 10.2. The highest BCUT2D eigenvalue weighted by Gasteiger charge is 2.23. The first kappa shape index (κ1) is 19.4. The van der Waals surface area contributed by atoms with Gasteiger partial charge in [0.2, 0.25) is 5.91 Å². The molecule has 1 aliphatic carbocycles. The summed E-state index contributed by atoms with van der Waals surface area (Å²) < 4.78 is 0. The summed E-state index contributed by atoms with van der Waals surface area (Å²) >= 11 is 0. The Morgan fingerprint density at radius 2 is 1.73 bits per heavy atom. The second-order valence-corrected chi connectivity index (χ2v) is 8.07. The van der Waals surface area contributed by atoms with Crippen molar-refractivity contribution in [2.45, 2.75) is 57.5 Å². The van der Waals surface area contributed by atoms with Gasteiger partial charge in [-0.15, -0.1) is 0 Å². The maximum Gasteiger partial charge on any atom is 0.222 e. The Labute approximate surface area is 158 Å². The molecule has 0 aromatic heterocycles. The Bertz CT molecular complexity index is 534. The van der Waals surface area contributed by atoms with E-state index >= 15 is 0 Å². The number of carbonyl (C=O) groups is 1. The van der Waals surface area contributed by atoms with Gasteiger partial charge in [-0.05, 0) is 24.3 Å². The quantitative estimate of drug-likeness (QED) is 0.814. The van der Waals surface area contributed by atoms with Crippen molar-refractivity contribution < 1.29 is 9.90 Å². The molecule has 1 unspecified atom stereocenters. The van der Waals surface area contributed by atoms with Crippen molar-refractivity contribution in [3.8, 4) is 0 Å². The highest BCUT2D eigenvalue weighted by molar-refractivity contribution is 5.76. The average molecular weight is 359 g/mol. The summed E-state index contributed by atoms with van der Waals surface area (Å²) in [6.45, 7) is 4.06. The van der Waals surface area contributed by atoms with Crippen LogP contribution in [0.3, 0.4) is 0 Å². The lowest BCUT2D eigenvalue weighted by Crippen LogP contribution is -2.50. The van der Waals surface area contributed by atoms with Crippen LogP contribution in [0.15, 0.2) is 30.3 Å². The van der Waals surface area contributed by atoms with Gasteiger partial charge in [-0.25, -0.2) is 0 Å². The Morgan fingerprint density at radius 3 is 2.42 bits per heavy atom. The smallest absolute Gasteiger partial charge is 0.222 e. The normalized spacial score (nSPS) is 20.9. The van der Waals surface area contributed by atoms with Gasteiger partial charge in [-0.3, -0.25) is 9.69 Å². The van der Waals surface area contributed by atoms with E-state index in [9.17, 15) is 9.90 Å². The SMILES string of the molecule is O=C(CCC1CCCCC1)N1CCN(CC(O)Cc2ccccc2)CC1. The van der Waals surface area contributed by atoms with E-state index in [0.29, 0.717) is 18.9 Å². The van der Waals surface area contributed by atoms with Crippen LogP contribution in [0.1, 0.15) is 50.5 Å². The number of hydrogen-bond acceptors (Lipinski definition) is 3. The molecule has 4 nitrogen and oxygen atoms in total. The van der Waals surface area contributed by atoms with Crippen LogP contribution < -0.4 is 0 Å². The summed E-state index contributed by atoms with van der Waals surface area (Å²) in [4.78, 5) is 16.8. The van der Waals surface area contributed by atoms with Crippen LogP contribution in [0, 0.1) is 5.92 Å². The zero-order valence-electron chi connectivity index (χ0n) is 16.0. The van der Waals surface area contributed by atoms with Crippen LogP contribution in [0.25, 0.3) is 0 Å². The molecule has 1 heterocycles. The third-order valence-electron chi connectivity index (χ3n) is 6.00. The van der Waals surface area contributed by atoms with Crippen LogP contribution in [-0.4, -0.2) is 59.6 Å². The van der Waals surface area contributed by atoms with Crippen LogP contribution in [0.2, 0.25) is 0 Å². The topological polar surface area (TPSA) is 43.8 Å². The van der Waals surface area contributed by atoms with E-state index in [0.717, 1.165) is 44.9 Å². The molecule has 0 bridgehead atoms. The molecule has 144 valence electrons. The summed E-state index contributed by atoms with van der Waals surface area (Å²) in [5, 5.41) is 10.3. The number of aliphatic hydroxyl groups excluding tert-OH is 1. The molecule has 2 fully saturated rings. The lowest BCUT2D eigenvalue weighted by molar-refractivity contribution is -0.133. The minimum atomic E-state index is -0.342. The van der Waals surface area contributed by atoms with E-state index in [2.05, 4.69) is 17.0 Å². The number of β-amino-alcohol motifs (C(OH)–C–C–N with tert-alkyl or cyclic N) is 1. The van der Waals surface area contributed by atoms with E-state index < -0.39 is 0 Å². The standard InChI is InChI=1S/C22H34N2O2/c25-21(17-20-9-5-2-6-10-20)18-23-13-15-24(16-14-23)22(26)12-11-19-7-3-1-4-8-19/h2,5-6,9-10,19,21,25H,1,3-4,7-8,11-18H2. The van der Waals surface area contributed by atoms with Crippen molar-refractivity contribution in [3.05, 3.63) is 35.9 Å². The molecular formula is C22H34N2O2. The lowest BCUT2D eigenvalue weighted by atomic mass is 9.86. The van der Waals surface area contributed by atoms with Crippen LogP contribution in [0.5, 0.6) is 0 Å². The van der Waals surface area contributed by atoms with Gasteiger partial charge >= 0.3 is 0 Å². The van der Waals surface area contributed by atoms with Gasteiger partial charge in [0, 0.05) is 39.1 Å². The molecule has 1 aliphatic heterocycles. The van der Waals surface area contributed by atoms with Crippen molar-refractivity contribution >= 4 is 5.91 Å². The van der Waals surface area contributed by atoms with E-state index in [1.54, 1.807) is 0 Å². The molecule has 1 saturated carbocycles. The Balaban J connectivity index is 1.33. The van der Waals surface area contributed by atoms with Gasteiger partial charge in [-0.2, -0.15) is 0 Å². The fourth-order valence-electron chi connectivity index (χ4n) is 4.39. The van der Waals surface area contributed by atoms with Gasteiger partial charge in [0.05, 0.1) is 6.10 Å². The first-order valence-corrected chi connectivity index (χ1v) is 10.4. The molecule has 4 heteroatoms. The summed E-state index contributed by atoms with van der Waals surface area (Å²) in [5.41, 5.74) is 1.18. The second-order valence-electron chi connectivity index (χ2n) is 8.07. The van der Waals surface area contributed by atoms with Gasteiger partial charge in [0.15, 0.2) is 0 Å². The molecule has 1 amide bonds. The van der Waals surface area contributed by atoms with Gasteiger partial charge in [-0.1, -0.05) is 62.4 Å². The first-order chi connectivity index (χ1) is 12.7. The van der Waals surface area contributed by atoms with Crippen molar-refractivity contribution in [2.24, 2.45) is 5.92 Å². The minimum absolute atomic E-state index is 0.333. The second kappa shape index (κ2) is 10.1. The van der Waals surface area contributed by atoms with Gasteiger partial charge in [0.25, 0.3) is 0 Å². The third-order valence-corrected chi connectivity index (χ3v) is 6.00. The van der Waals surface area contributed by atoms with Crippen LogP contribution >= 0.6 is 0 Å². The number of benzene rings is 1. The summed E-state index contributed by atoms with van der Waals surface area (Å²) in [5.74, 6) is 1.11. The minimum Gasteiger partial charge on any atom is -0.391 e. The van der Waals surface area contributed by atoms with Crippen molar-refractivity contribution in [3.63, 3.8) is 0 Å². The fraction of sp³-hybridized carbons (Fsp3) is 0.682. The lowest BCUT2D eigenvalue weighted by Gasteiger charge is -2.36. The predicted octanol–water partition coefficient (Wildman–Crippen LogP) is 3.09. The molecular weight excluding hydrogens is 324 g/mol. The zero-order valence-corrected chi connectivity index (χ0v) is 16.0.